The molecule has 0 unspecified atom stereocenters. The van der Waals surface area contributed by atoms with Crippen LogP contribution in [0.3, 0.4) is 0 Å². The molecular formula is C44H25N5. The Labute approximate surface area is 280 Å². The van der Waals surface area contributed by atoms with Crippen LogP contribution in [0.15, 0.2) is 152 Å². The number of benzene rings is 7. The van der Waals surface area contributed by atoms with Crippen molar-refractivity contribution < 1.29 is 0 Å². The number of nitriles is 2. The maximum Gasteiger partial charge on any atom is 0.0991 e. The molecule has 10 rings (SSSR count). The predicted octanol–water partition coefficient (Wildman–Crippen LogP) is 10.7. The fourth-order valence-electron chi connectivity index (χ4n) is 7.77. The van der Waals surface area contributed by atoms with Gasteiger partial charge in [0.05, 0.1) is 56.4 Å². The third kappa shape index (κ3) is 3.85. The molecule has 7 aromatic carbocycles. The van der Waals surface area contributed by atoms with E-state index in [0.717, 1.165) is 82.5 Å². The topological polar surface area (TPSA) is 62.4 Å². The number of rotatable bonds is 3. The highest BCUT2D eigenvalue weighted by molar-refractivity contribution is 6.14. The van der Waals surface area contributed by atoms with E-state index in [1.807, 2.05) is 30.3 Å². The third-order valence-corrected chi connectivity index (χ3v) is 9.87. The van der Waals surface area contributed by atoms with Crippen LogP contribution in [0.4, 0.5) is 0 Å². The summed E-state index contributed by atoms with van der Waals surface area (Å²) in [6.45, 7) is 0. The van der Waals surface area contributed by atoms with E-state index in [1.54, 1.807) is 0 Å². The number of para-hydroxylation sites is 3. The molecule has 10 aromatic rings. The van der Waals surface area contributed by atoms with Crippen LogP contribution in [0.5, 0.6) is 0 Å². The second-order valence-corrected chi connectivity index (χ2v) is 12.5. The molecule has 0 spiro atoms. The molecule has 0 saturated heterocycles. The molecule has 5 nitrogen and oxygen atoms in total. The lowest BCUT2D eigenvalue weighted by molar-refractivity contribution is 1.16. The van der Waals surface area contributed by atoms with Gasteiger partial charge in [-0.3, -0.25) is 0 Å². The molecular weight excluding hydrogens is 599 g/mol. The minimum atomic E-state index is 0.651. The SMILES string of the molecule is N#Cc1ccc2c(c1)c1ccccc1n2-c1ccc2c(c1)c1cc(-n3c4ccccc4c4cc(C#N)ccc43)ccc1n2-c1ccccc1. The van der Waals surface area contributed by atoms with Gasteiger partial charge in [-0.05, 0) is 97.1 Å². The number of hydrogen-bond donors (Lipinski definition) is 0. The number of fused-ring (bicyclic) bond motifs is 9. The molecule has 0 bridgehead atoms. The summed E-state index contributed by atoms with van der Waals surface area (Å²) in [4.78, 5) is 0. The van der Waals surface area contributed by atoms with E-state index in [9.17, 15) is 10.5 Å². The van der Waals surface area contributed by atoms with E-state index >= 15 is 0 Å². The fourth-order valence-corrected chi connectivity index (χ4v) is 7.77. The predicted molar refractivity (Wildman–Crippen MR) is 199 cm³/mol. The first-order valence-electron chi connectivity index (χ1n) is 16.2. The lowest BCUT2D eigenvalue weighted by atomic mass is 10.1. The van der Waals surface area contributed by atoms with Gasteiger partial charge in [-0.15, -0.1) is 0 Å². The van der Waals surface area contributed by atoms with E-state index in [0.29, 0.717) is 11.1 Å². The quantitative estimate of drug-likeness (QED) is 0.197. The number of nitrogens with zero attached hydrogens (tertiary/aromatic N) is 5. The van der Waals surface area contributed by atoms with Crippen molar-refractivity contribution >= 4 is 65.4 Å². The standard InChI is InChI=1S/C44H25N5/c45-26-28-14-18-41-35(22-28)33-10-4-6-12-39(33)48(41)31-16-20-43-37(24-31)38-25-32(17-21-44(38)47(43)30-8-2-1-3-9-30)49-40-13-7-5-11-34(40)36-23-29(27-46)15-19-42(36)49/h1-25H. The molecule has 0 fully saturated rings. The Morgan fingerprint density at radius 2 is 0.673 bits per heavy atom. The van der Waals surface area contributed by atoms with Crippen molar-refractivity contribution in [1.29, 1.82) is 10.5 Å². The van der Waals surface area contributed by atoms with Gasteiger partial charge in [0, 0.05) is 49.4 Å². The second-order valence-electron chi connectivity index (χ2n) is 12.5. The van der Waals surface area contributed by atoms with Crippen LogP contribution in [0.25, 0.3) is 82.5 Å². The summed E-state index contributed by atoms with van der Waals surface area (Å²) in [6, 6.07) is 57.3. The zero-order valence-electron chi connectivity index (χ0n) is 26.2. The summed E-state index contributed by atoms with van der Waals surface area (Å²) in [5.41, 5.74) is 11.1. The highest BCUT2D eigenvalue weighted by Gasteiger charge is 2.19. The Hall–Kier alpha value is -7.08. The van der Waals surface area contributed by atoms with E-state index < -0.39 is 0 Å². The molecule has 0 N–H and O–H groups in total. The first-order valence-corrected chi connectivity index (χ1v) is 16.2. The van der Waals surface area contributed by atoms with Gasteiger partial charge >= 0.3 is 0 Å². The van der Waals surface area contributed by atoms with Gasteiger partial charge in [-0.1, -0.05) is 54.6 Å². The lowest BCUT2D eigenvalue weighted by Crippen LogP contribution is -1.96. The molecule has 3 aromatic heterocycles. The van der Waals surface area contributed by atoms with E-state index in [-0.39, 0.29) is 0 Å². The number of aromatic nitrogens is 3. The Kier molecular flexibility index (Phi) is 5.64. The summed E-state index contributed by atoms with van der Waals surface area (Å²) in [7, 11) is 0. The molecule has 226 valence electrons. The van der Waals surface area contributed by atoms with Gasteiger partial charge in [0.1, 0.15) is 0 Å². The van der Waals surface area contributed by atoms with E-state index in [4.69, 9.17) is 0 Å². The first kappa shape index (κ1) is 27.1. The second kappa shape index (κ2) is 10.2. The Balaban J connectivity index is 1.29. The van der Waals surface area contributed by atoms with Crippen LogP contribution in [-0.2, 0) is 0 Å². The van der Waals surface area contributed by atoms with Gasteiger partial charge < -0.3 is 13.7 Å². The van der Waals surface area contributed by atoms with Crippen molar-refractivity contribution in [1.82, 2.24) is 13.7 Å². The van der Waals surface area contributed by atoms with Crippen molar-refractivity contribution in [3.8, 4) is 29.2 Å². The average Bonchev–Trinajstić information content (AvgIpc) is 3.79. The summed E-state index contributed by atoms with van der Waals surface area (Å²) in [5.74, 6) is 0. The maximum atomic E-state index is 9.67. The number of hydrogen-bond acceptors (Lipinski definition) is 2. The molecule has 5 heteroatoms. The van der Waals surface area contributed by atoms with Crippen molar-refractivity contribution in [2.75, 3.05) is 0 Å². The van der Waals surface area contributed by atoms with Crippen LogP contribution < -0.4 is 0 Å². The average molecular weight is 624 g/mol. The molecule has 0 amide bonds. The molecule has 0 saturated carbocycles. The van der Waals surface area contributed by atoms with Crippen LogP contribution in [0, 0.1) is 22.7 Å². The maximum absolute atomic E-state index is 9.67. The largest absolute Gasteiger partial charge is 0.309 e. The molecule has 0 aliphatic rings. The molecule has 0 radical (unpaired) electrons. The van der Waals surface area contributed by atoms with Crippen LogP contribution in [-0.4, -0.2) is 13.7 Å². The normalized spacial score (nSPS) is 11.6. The molecule has 0 aliphatic heterocycles. The summed E-state index contributed by atoms with van der Waals surface area (Å²) < 4.78 is 6.95. The van der Waals surface area contributed by atoms with Crippen LogP contribution in [0.2, 0.25) is 0 Å². The van der Waals surface area contributed by atoms with Crippen molar-refractivity contribution in [2.24, 2.45) is 0 Å². The minimum Gasteiger partial charge on any atom is -0.309 e. The molecule has 0 aliphatic carbocycles. The Morgan fingerprint density at radius 3 is 1.14 bits per heavy atom. The first-order chi connectivity index (χ1) is 24.2. The lowest BCUT2D eigenvalue weighted by Gasteiger charge is -2.10. The van der Waals surface area contributed by atoms with E-state index in [1.165, 1.54) is 0 Å². The van der Waals surface area contributed by atoms with E-state index in [2.05, 4.69) is 147 Å². The zero-order valence-corrected chi connectivity index (χ0v) is 26.2. The summed E-state index contributed by atoms with van der Waals surface area (Å²) in [6.07, 6.45) is 0. The highest BCUT2D eigenvalue weighted by atomic mass is 15.0. The van der Waals surface area contributed by atoms with Crippen LogP contribution >= 0.6 is 0 Å². The minimum absolute atomic E-state index is 0.651. The smallest absolute Gasteiger partial charge is 0.0991 e. The fraction of sp³-hybridized carbons (Fsp3) is 0. The molecule has 3 heterocycles. The Morgan fingerprint density at radius 1 is 0.306 bits per heavy atom. The highest BCUT2D eigenvalue weighted by Crippen LogP contribution is 2.39. The van der Waals surface area contributed by atoms with Crippen molar-refractivity contribution in [3.63, 3.8) is 0 Å². The third-order valence-electron chi connectivity index (χ3n) is 9.87. The van der Waals surface area contributed by atoms with Crippen molar-refractivity contribution in [3.05, 3.63) is 163 Å². The van der Waals surface area contributed by atoms with Gasteiger partial charge in [0.2, 0.25) is 0 Å². The Bertz CT molecular complexity index is 2880. The molecule has 49 heavy (non-hydrogen) atoms. The van der Waals surface area contributed by atoms with Gasteiger partial charge in [0.15, 0.2) is 0 Å². The van der Waals surface area contributed by atoms with Gasteiger partial charge in [-0.25, -0.2) is 0 Å². The van der Waals surface area contributed by atoms with Crippen molar-refractivity contribution in [2.45, 2.75) is 0 Å². The van der Waals surface area contributed by atoms with Gasteiger partial charge in [-0.2, -0.15) is 10.5 Å². The van der Waals surface area contributed by atoms with Gasteiger partial charge in [0.25, 0.3) is 0 Å². The monoisotopic (exact) mass is 623 g/mol. The zero-order chi connectivity index (χ0) is 32.6. The van der Waals surface area contributed by atoms with Crippen LogP contribution in [0.1, 0.15) is 11.1 Å². The summed E-state index contributed by atoms with van der Waals surface area (Å²) >= 11 is 0. The molecule has 0 atom stereocenters. The summed E-state index contributed by atoms with van der Waals surface area (Å²) in [5, 5.41) is 26.0.